The molecule has 0 bridgehead atoms. The van der Waals surface area contributed by atoms with Gasteiger partial charge in [-0.2, -0.15) is 10.1 Å². The van der Waals surface area contributed by atoms with E-state index in [1.807, 2.05) is 6.07 Å². The summed E-state index contributed by atoms with van der Waals surface area (Å²) < 4.78 is 0. The first-order chi connectivity index (χ1) is 12.2. The molecule has 0 spiro atoms. The van der Waals surface area contributed by atoms with Gasteiger partial charge < -0.3 is 10.2 Å². The van der Waals surface area contributed by atoms with E-state index >= 15 is 0 Å². The van der Waals surface area contributed by atoms with Gasteiger partial charge in [-0.25, -0.2) is 0 Å². The Morgan fingerprint density at radius 3 is 2.68 bits per heavy atom. The molecule has 7 heteroatoms. The topological polar surface area (TPSA) is 53.9 Å². The Kier molecular flexibility index (Phi) is 4.42. The third kappa shape index (κ3) is 3.52. The minimum absolute atomic E-state index is 0.558. The second-order valence-corrected chi connectivity index (χ2v) is 6.68. The minimum Gasteiger partial charge on any atom is -0.339 e. The van der Waals surface area contributed by atoms with Gasteiger partial charge >= 0.3 is 0 Å². The van der Waals surface area contributed by atoms with Gasteiger partial charge in [0.15, 0.2) is 5.82 Å². The SMILES string of the molecule is Clc1cc(Cl)cc(Nc2cnnc(N3CCCc4ccccc43)n2)c1. The largest absolute Gasteiger partial charge is 0.339 e. The zero-order valence-electron chi connectivity index (χ0n) is 13.3. The van der Waals surface area contributed by atoms with Crippen LogP contribution in [-0.2, 0) is 6.42 Å². The fraction of sp³-hybridized carbons (Fsp3) is 0.167. The average molecular weight is 372 g/mol. The number of nitrogens with one attached hydrogen (secondary N) is 1. The summed E-state index contributed by atoms with van der Waals surface area (Å²) in [6.07, 6.45) is 3.70. The first-order valence-electron chi connectivity index (χ1n) is 7.97. The molecule has 0 saturated heterocycles. The smallest absolute Gasteiger partial charge is 0.251 e. The Balaban J connectivity index is 1.64. The highest BCUT2D eigenvalue weighted by atomic mass is 35.5. The average Bonchev–Trinajstić information content (AvgIpc) is 2.60. The lowest BCUT2D eigenvalue weighted by molar-refractivity contribution is 0.742. The zero-order valence-corrected chi connectivity index (χ0v) is 14.8. The van der Waals surface area contributed by atoms with E-state index in [1.54, 1.807) is 24.4 Å². The number of halogens is 2. The number of hydrogen-bond acceptors (Lipinski definition) is 5. The molecule has 0 amide bonds. The van der Waals surface area contributed by atoms with Crippen LogP contribution in [0.5, 0.6) is 0 Å². The molecule has 2 heterocycles. The van der Waals surface area contributed by atoms with Crippen LogP contribution in [-0.4, -0.2) is 21.7 Å². The van der Waals surface area contributed by atoms with Gasteiger partial charge in [-0.05, 0) is 42.7 Å². The zero-order chi connectivity index (χ0) is 17.2. The number of benzene rings is 2. The van der Waals surface area contributed by atoms with Crippen molar-refractivity contribution in [3.05, 3.63) is 64.3 Å². The van der Waals surface area contributed by atoms with E-state index in [1.165, 1.54) is 5.56 Å². The van der Waals surface area contributed by atoms with E-state index in [9.17, 15) is 0 Å². The first kappa shape index (κ1) is 16.1. The van der Waals surface area contributed by atoms with E-state index in [0.717, 1.165) is 30.8 Å². The maximum atomic E-state index is 6.04. The van der Waals surface area contributed by atoms with E-state index < -0.39 is 0 Å². The van der Waals surface area contributed by atoms with Crippen LogP contribution in [0.2, 0.25) is 10.0 Å². The fourth-order valence-electron chi connectivity index (χ4n) is 2.98. The predicted octanol–water partition coefficient (Wildman–Crippen LogP) is 5.01. The molecule has 5 nitrogen and oxygen atoms in total. The van der Waals surface area contributed by atoms with Gasteiger partial charge in [0.1, 0.15) is 0 Å². The van der Waals surface area contributed by atoms with E-state index in [2.05, 4.69) is 43.6 Å². The van der Waals surface area contributed by atoms with Gasteiger partial charge in [-0.15, -0.1) is 5.10 Å². The number of anilines is 4. The van der Waals surface area contributed by atoms with Crippen molar-refractivity contribution in [1.82, 2.24) is 15.2 Å². The summed E-state index contributed by atoms with van der Waals surface area (Å²) in [4.78, 5) is 6.70. The second-order valence-electron chi connectivity index (χ2n) is 5.81. The van der Waals surface area contributed by atoms with Gasteiger partial charge in [0.05, 0.1) is 6.20 Å². The van der Waals surface area contributed by atoms with Crippen molar-refractivity contribution in [2.45, 2.75) is 12.8 Å². The Bertz CT molecular complexity index is 895. The van der Waals surface area contributed by atoms with Crippen molar-refractivity contribution < 1.29 is 0 Å². The maximum absolute atomic E-state index is 6.04. The van der Waals surface area contributed by atoms with Crippen molar-refractivity contribution in [1.29, 1.82) is 0 Å². The van der Waals surface area contributed by atoms with Gasteiger partial charge in [0.25, 0.3) is 5.95 Å². The molecule has 1 aliphatic rings. The Morgan fingerprint density at radius 2 is 1.84 bits per heavy atom. The second kappa shape index (κ2) is 6.86. The van der Waals surface area contributed by atoms with Gasteiger partial charge in [-0.1, -0.05) is 41.4 Å². The Labute approximate surface area is 155 Å². The molecule has 0 fully saturated rings. The Morgan fingerprint density at radius 1 is 1.04 bits per heavy atom. The van der Waals surface area contributed by atoms with E-state index in [0.29, 0.717) is 21.8 Å². The van der Waals surface area contributed by atoms with Gasteiger partial charge in [-0.3, -0.25) is 0 Å². The summed E-state index contributed by atoms with van der Waals surface area (Å²) in [6.45, 7) is 0.866. The quantitative estimate of drug-likeness (QED) is 0.701. The molecule has 1 aliphatic heterocycles. The summed E-state index contributed by atoms with van der Waals surface area (Å²) in [5, 5.41) is 12.6. The molecule has 3 aromatic rings. The van der Waals surface area contributed by atoms with Crippen molar-refractivity contribution in [2.75, 3.05) is 16.8 Å². The first-order valence-corrected chi connectivity index (χ1v) is 8.73. The lowest BCUT2D eigenvalue weighted by atomic mass is 10.0. The number of fused-ring (bicyclic) bond motifs is 1. The molecular formula is C18H15Cl2N5. The van der Waals surface area contributed by atoms with E-state index in [4.69, 9.17) is 23.2 Å². The van der Waals surface area contributed by atoms with Crippen LogP contribution in [0.25, 0.3) is 0 Å². The lowest BCUT2D eigenvalue weighted by Gasteiger charge is -2.29. The van der Waals surface area contributed by atoms with Crippen LogP contribution in [0.3, 0.4) is 0 Å². The Hall–Kier alpha value is -2.37. The standard InChI is InChI=1S/C18H15Cl2N5/c19-13-8-14(20)10-15(9-13)22-17-11-21-24-18(23-17)25-7-3-5-12-4-1-2-6-16(12)25/h1-2,4,6,8-11H,3,5,7H2,(H,22,23,24). The van der Waals surface area contributed by atoms with Crippen molar-refractivity contribution in [3.63, 3.8) is 0 Å². The van der Waals surface area contributed by atoms with Crippen LogP contribution in [0, 0.1) is 0 Å². The summed E-state index contributed by atoms with van der Waals surface area (Å²) in [5.74, 6) is 1.16. The van der Waals surface area contributed by atoms with Crippen LogP contribution in [0.1, 0.15) is 12.0 Å². The normalized spacial score (nSPS) is 13.4. The molecule has 0 aliphatic carbocycles. The van der Waals surface area contributed by atoms with Crippen molar-refractivity contribution in [3.8, 4) is 0 Å². The predicted molar refractivity (Wildman–Crippen MR) is 101 cm³/mol. The molecule has 0 saturated carbocycles. The van der Waals surface area contributed by atoms with Gasteiger partial charge in [0, 0.05) is 28.0 Å². The lowest BCUT2D eigenvalue weighted by Crippen LogP contribution is -2.26. The van der Waals surface area contributed by atoms with E-state index in [-0.39, 0.29) is 0 Å². The molecule has 4 rings (SSSR count). The molecule has 0 radical (unpaired) electrons. The fourth-order valence-corrected chi connectivity index (χ4v) is 3.51. The molecule has 1 N–H and O–H groups in total. The third-order valence-electron chi connectivity index (χ3n) is 4.03. The third-order valence-corrected chi connectivity index (χ3v) is 4.47. The highest BCUT2D eigenvalue weighted by Gasteiger charge is 2.20. The summed E-state index contributed by atoms with van der Waals surface area (Å²) in [6, 6.07) is 13.6. The number of para-hydroxylation sites is 1. The van der Waals surface area contributed by atoms with Crippen LogP contribution in [0.15, 0.2) is 48.7 Å². The van der Waals surface area contributed by atoms with Crippen LogP contribution < -0.4 is 10.2 Å². The summed E-state index contributed by atoms with van der Waals surface area (Å²) >= 11 is 12.1. The number of hydrogen-bond donors (Lipinski definition) is 1. The maximum Gasteiger partial charge on any atom is 0.251 e. The highest BCUT2D eigenvalue weighted by molar-refractivity contribution is 6.35. The monoisotopic (exact) mass is 371 g/mol. The summed E-state index contributed by atoms with van der Waals surface area (Å²) in [7, 11) is 0. The molecule has 0 atom stereocenters. The van der Waals surface area contributed by atoms with Crippen LogP contribution in [0.4, 0.5) is 23.1 Å². The molecule has 0 unspecified atom stereocenters. The number of aryl methyl sites for hydroxylation is 1. The molecule has 126 valence electrons. The van der Waals surface area contributed by atoms with Crippen molar-refractivity contribution in [2.24, 2.45) is 0 Å². The van der Waals surface area contributed by atoms with Crippen molar-refractivity contribution >= 4 is 46.3 Å². The van der Waals surface area contributed by atoms with Crippen LogP contribution >= 0.6 is 23.2 Å². The number of nitrogens with zero attached hydrogens (tertiary/aromatic N) is 4. The number of aromatic nitrogens is 3. The number of rotatable bonds is 3. The van der Waals surface area contributed by atoms with Gasteiger partial charge in [0.2, 0.25) is 0 Å². The summed E-state index contributed by atoms with van der Waals surface area (Å²) in [5.41, 5.74) is 3.19. The molecule has 25 heavy (non-hydrogen) atoms. The minimum atomic E-state index is 0.558. The molecular weight excluding hydrogens is 357 g/mol. The highest BCUT2D eigenvalue weighted by Crippen LogP contribution is 2.31. The molecule has 1 aromatic heterocycles. The molecule has 2 aromatic carbocycles.